The van der Waals surface area contributed by atoms with Gasteiger partial charge in [0.05, 0.1) is 27.3 Å². The molecule has 1 aromatic carbocycles. The van der Waals surface area contributed by atoms with E-state index in [-0.39, 0.29) is 5.82 Å². The molecule has 0 aliphatic carbocycles. The van der Waals surface area contributed by atoms with E-state index in [2.05, 4.69) is 4.98 Å². The fourth-order valence-electron chi connectivity index (χ4n) is 2.33. The first kappa shape index (κ1) is 22.7. The first-order valence-electron chi connectivity index (χ1n) is 7.93. The highest BCUT2D eigenvalue weighted by atomic mass is 32.2. The van der Waals surface area contributed by atoms with Gasteiger partial charge in [-0.15, -0.1) is 0 Å². The van der Waals surface area contributed by atoms with E-state index in [4.69, 9.17) is 0 Å². The monoisotopic (exact) mass is 440 g/mol. The minimum atomic E-state index is -4.83. The van der Waals surface area contributed by atoms with Crippen LogP contribution in [0.1, 0.15) is 28.4 Å². The van der Waals surface area contributed by atoms with Crippen LogP contribution < -0.4 is 4.90 Å². The first-order valence-corrected chi connectivity index (χ1v) is 9.59. The van der Waals surface area contributed by atoms with E-state index in [0.29, 0.717) is 30.5 Å². The van der Waals surface area contributed by atoms with Crippen LogP contribution in [0.5, 0.6) is 0 Å². The minimum Gasteiger partial charge on any atom is -0.296 e. The van der Waals surface area contributed by atoms with E-state index in [9.17, 15) is 39.6 Å². The van der Waals surface area contributed by atoms with Gasteiger partial charge >= 0.3 is 12.4 Å². The second-order valence-electron chi connectivity index (χ2n) is 5.88. The fraction of sp³-hybridized carbons (Fsp3) is 0.294. The number of rotatable bonds is 4. The predicted molar refractivity (Wildman–Crippen MR) is 91.1 cm³/mol. The van der Waals surface area contributed by atoms with Crippen LogP contribution in [0.15, 0.2) is 41.4 Å². The zero-order valence-corrected chi connectivity index (χ0v) is 15.8. The molecule has 0 saturated heterocycles. The van der Waals surface area contributed by atoms with Gasteiger partial charge in [-0.1, -0.05) is 6.92 Å². The number of anilines is 1. The summed E-state index contributed by atoms with van der Waals surface area (Å²) in [6.07, 6.45) is -9.00. The third kappa shape index (κ3) is 4.86. The van der Waals surface area contributed by atoms with E-state index in [1.807, 2.05) is 0 Å². The molecule has 1 heterocycles. The number of benzene rings is 1. The van der Waals surface area contributed by atoms with Gasteiger partial charge in [-0.3, -0.25) is 9.69 Å². The highest BCUT2D eigenvalue weighted by Crippen LogP contribution is 2.33. The standard InChI is InChI=1S/C17H14F6N2O3S/c1-3-29(27,28)13-8-10(16(18,19)20)4-6-12(13)15(26)25(2)14-7-5-11(9-24-14)17(21,22)23/h4-9H,3H2,1-2H3. The maximum Gasteiger partial charge on any atom is 0.417 e. The van der Waals surface area contributed by atoms with Crippen molar-refractivity contribution in [3.8, 4) is 0 Å². The molecular weight excluding hydrogens is 426 g/mol. The van der Waals surface area contributed by atoms with Gasteiger partial charge in [0, 0.05) is 13.2 Å². The molecule has 1 aromatic heterocycles. The number of hydrogen-bond acceptors (Lipinski definition) is 4. The van der Waals surface area contributed by atoms with E-state index >= 15 is 0 Å². The Morgan fingerprint density at radius 3 is 2.00 bits per heavy atom. The molecule has 2 rings (SSSR count). The summed E-state index contributed by atoms with van der Waals surface area (Å²) in [7, 11) is -3.11. The number of carbonyl (C=O) groups is 1. The lowest BCUT2D eigenvalue weighted by atomic mass is 10.1. The number of alkyl halides is 6. The number of aromatic nitrogens is 1. The molecule has 0 aliphatic heterocycles. The SMILES string of the molecule is CCS(=O)(=O)c1cc(C(F)(F)F)ccc1C(=O)N(C)c1ccc(C(F)(F)F)cn1. The lowest BCUT2D eigenvalue weighted by Gasteiger charge is -2.19. The molecule has 0 aliphatic rings. The first-order chi connectivity index (χ1) is 13.2. The van der Waals surface area contributed by atoms with Crippen molar-refractivity contribution >= 4 is 21.6 Å². The summed E-state index contributed by atoms with van der Waals surface area (Å²) in [6, 6.07) is 3.19. The van der Waals surface area contributed by atoms with Gasteiger partial charge in [0.1, 0.15) is 5.82 Å². The van der Waals surface area contributed by atoms with Crippen LogP contribution in [-0.2, 0) is 22.2 Å². The summed E-state index contributed by atoms with van der Waals surface area (Å²) in [5.41, 5.74) is -2.87. The molecule has 0 N–H and O–H groups in total. The van der Waals surface area contributed by atoms with Gasteiger partial charge in [-0.25, -0.2) is 13.4 Å². The molecule has 0 saturated carbocycles. The number of nitrogens with zero attached hydrogens (tertiary/aromatic N) is 2. The minimum absolute atomic E-state index is 0.247. The van der Waals surface area contributed by atoms with Crippen molar-refractivity contribution in [2.24, 2.45) is 0 Å². The number of pyridine rings is 1. The lowest BCUT2D eigenvalue weighted by molar-refractivity contribution is -0.138. The predicted octanol–water partition coefficient (Wildman–Crippen LogP) is 4.19. The van der Waals surface area contributed by atoms with Crippen LogP contribution in [0.2, 0.25) is 0 Å². The summed E-state index contributed by atoms with van der Waals surface area (Å²) in [5, 5.41) is 0. The summed E-state index contributed by atoms with van der Waals surface area (Å²) in [4.78, 5) is 16.1. The Bertz CT molecular complexity index is 1010. The van der Waals surface area contributed by atoms with Gasteiger partial charge in [-0.05, 0) is 30.3 Å². The zero-order valence-electron chi connectivity index (χ0n) is 15.0. The molecule has 0 radical (unpaired) electrons. The molecular formula is C17H14F6N2O3S. The molecule has 158 valence electrons. The van der Waals surface area contributed by atoms with E-state index in [0.717, 1.165) is 18.0 Å². The second-order valence-corrected chi connectivity index (χ2v) is 8.13. The van der Waals surface area contributed by atoms with Crippen LogP contribution in [0.4, 0.5) is 32.2 Å². The van der Waals surface area contributed by atoms with Gasteiger partial charge in [0.2, 0.25) is 0 Å². The summed E-state index contributed by atoms with van der Waals surface area (Å²) in [5.74, 6) is -1.85. The molecule has 0 spiro atoms. The quantitative estimate of drug-likeness (QED) is 0.669. The fourth-order valence-corrected chi connectivity index (χ4v) is 3.43. The van der Waals surface area contributed by atoms with Crippen molar-refractivity contribution in [2.45, 2.75) is 24.2 Å². The highest BCUT2D eigenvalue weighted by molar-refractivity contribution is 7.91. The maximum absolute atomic E-state index is 13.0. The summed E-state index contributed by atoms with van der Waals surface area (Å²) >= 11 is 0. The molecule has 2 aromatic rings. The molecule has 1 amide bonds. The molecule has 5 nitrogen and oxygen atoms in total. The maximum atomic E-state index is 13.0. The van der Waals surface area contributed by atoms with Crippen LogP contribution in [0.25, 0.3) is 0 Å². The normalized spacial score (nSPS) is 12.7. The highest BCUT2D eigenvalue weighted by Gasteiger charge is 2.34. The Balaban J connectivity index is 2.51. The largest absolute Gasteiger partial charge is 0.417 e. The van der Waals surface area contributed by atoms with E-state index in [1.165, 1.54) is 6.92 Å². The summed E-state index contributed by atoms with van der Waals surface area (Å²) in [6.45, 7) is 1.20. The zero-order chi connectivity index (χ0) is 22.2. The number of halogens is 6. The topological polar surface area (TPSA) is 67.3 Å². The number of sulfone groups is 1. The van der Waals surface area contributed by atoms with Crippen molar-refractivity contribution < 1.29 is 39.6 Å². The van der Waals surface area contributed by atoms with Crippen molar-refractivity contribution in [2.75, 3.05) is 17.7 Å². The molecule has 0 unspecified atom stereocenters. The molecule has 0 fully saturated rings. The van der Waals surface area contributed by atoms with Gasteiger partial charge in [-0.2, -0.15) is 26.3 Å². The lowest BCUT2D eigenvalue weighted by Crippen LogP contribution is -2.29. The average molecular weight is 440 g/mol. The molecule has 0 atom stereocenters. The Morgan fingerprint density at radius 2 is 1.55 bits per heavy atom. The smallest absolute Gasteiger partial charge is 0.296 e. The third-order valence-electron chi connectivity index (χ3n) is 3.98. The van der Waals surface area contributed by atoms with Crippen LogP contribution >= 0.6 is 0 Å². The number of amides is 1. The average Bonchev–Trinajstić information content (AvgIpc) is 2.65. The second kappa shape index (κ2) is 7.65. The van der Waals surface area contributed by atoms with Crippen LogP contribution in [0.3, 0.4) is 0 Å². The number of hydrogen-bond donors (Lipinski definition) is 0. The molecule has 29 heavy (non-hydrogen) atoms. The van der Waals surface area contributed by atoms with E-state index in [1.54, 1.807) is 0 Å². The van der Waals surface area contributed by atoms with Crippen LogP contribution in [-0.4, -0.2) is 32.1 Å². The van der Waals surface area contributed by atoms with E-state index < -0.39 is 55.4 Å². The Hall–Kier alpha value is -2.63. The van der Waals surface area contributed by atoms with Gasteiger partial charge < -0.3 is 0 Å². The molecule has 12 heteroatoms. The van der Waals surface area contributed by atoms with Crippen molar-refractivity contribution in [1.29, 1.82) is 0 Å². The Labute approximate surface area is 161 Å². The van der Waals surface area contributed by atoms with Crippen molar-refractivity contribution in [3.63, 3.8) is 0 Å². The Morgan fingerprint density at radius 1 is 1.00 bits per heavy atom. The van der Waals surface area contributed by atoms with Crippen molar-refractivity contribution in [1.82, 2.24) is 4.98 Å². The number of carbonyl (C=O) groups excluding carboxylic acids is 1. The summed E-state index contributed by atoms with van der Waals surface area (Å²) < 4.78 is 101. The molecule has 0 bridgehead atoms. The third-order valence-corrected chi connectivity index (χ3v) is 5.75. The van der Waals surface area contributed by atoms with Crippen molar-refractivity contribution in [3.05, 3.63) is 53.2 Å². The van der Waals surface area contributed by atoms with Crippen LogP contribution in [0, 0.1) is 0 Å². The van der Waals surface area contributed by atoms with Gasteiger partial charge in [0.15, 0.2) is 9.84 Å². The Kier molecular flexibility index (Phi) is 5.98. The van der Waals surface area contributed by atoms with Gasteiger partial charge in [0.25, 0.3) is 5.91 Å².